The number of esters is 1. The SMILES string of the molecule is CCNS(=O)(=O)CCNc1nc(C(=O)OC)c(C)s1. The van der Waals surface area contributed by atoms with E-state index in [1.807, 2.05) is 0 Å². The van der Waals surface area contributed by atoms with Crippen molar-refractivity contribution >= 4 is 32.5 Å². The average molecular weight is 307 g/mol. The first-order chi connectivity index (χ1) is 8.89. The van der Waals surface area contributed by atoms with Gasteiger partial charge in [-0.05, 0) is 6.92 Å². The third-order valence-corrected chi connectivity index (χ3v) is 4.59. The number of aryl methyl sites for hydroxylation is 1. The van der Waals surface area contributed by atoms with E-state index in [4.69, 9.17) is 0 Å². The topological polar surface area (TPSA) is 97.4 Å². The molecule has 0 saturated heterocycles. The van der Waals surface area contributed by atoms with Crippen LogP contribution in [0.5, 0.6) is 0 Å². The lowest BCUT2D eigenvalue weighted by Gasteiger charge is -2.04. The molecule has 0 fully saturated rings. The monoisotopic (exact) mass is 307 g/mol. The lowest BCUT2D eigenvalue weighted by Crippen LogP contribution is -2.29. The molecule has 0 bridgehead atoms. The minimum atomic E-state index is -3.25. The van der Waals surface area contributed by atoms with E-state index in [2.05, 4.69) is 19.8 Å². The summed E-state index contributed by atoms with van der Waals surface area (Å²) in [6.45, 7) is 4.07. The first kappa shape index (κ1) is 15.9. The van der Waals surface area contributed by atoms with E-state index in [-0.39, 0.29) is 18.0 Å². The Labute approximate surface area is 116 Å². The lowest BCUT2D eigenvalue weighted by molar-refractivity contribution is 0.0594. The molecule has 0 radical (unpaired) electrons. The number of aromatic nitrogens is 1. The molecule has 0 aliphatic carbocycles. The van der Waals surface area contributed by atoms with Crippen LogP contribution in [0.1, 0.15) is 22.3 Å². The van der Waals surface area contributed by atoms with E-state index >= 15 is 0 Å². The van der Waals surface area contributed by atoms with Crippen LogP contribution in [0.4, 0.5) is 5.13 Å². The Morgan fingerprint density at radius 2 is 2.16 bits per heavy atom. The summed E-state index contributed by atoms with van der Waals surface area (Å²) in [6.07, 6.45) is 0. The summed E-state index contributed by atoms with van der Waals surface area (Å²) in [5, 5.41) is 3.38. The van der Waals surface area contributed by atoms with E-state index < -0.39 is 16.0 Å². The van der Waals surface area contributed by atoms with Crippen molar-refractivity contribution in [3.05, 3.63) is 10.6 Å². The van der Waals surface area contributed by atoms with Crippen LogP contribution < -0.4 is 10.0 Å². The van der Waals surface area contributed by atoms with E-state index in [0.29, 0.717) is 11.7 Å². The lowest BCUT2D eigenvalue weighted by atomic mass is 10.4. The third-order valence-electron chi connectivity index (χ3n) is 2.19. The number of hydrogen-bond acceptors (Lipinski definition) is 7. The summed E-state index contributed by atoms with van der Waals surface area (Å²) >= 11 is 1.28. The molecule has 0 aliphatic rings. The van der Waals surface area contributed by atoms with Crippen LogP contribution in [0, 0.1) is 6.92 Å². The van der Waals surface area contributed by atoms with Crippen LogP contribution in [-0.2, 0) is 14.8 Å². The molecule has 7 nitrogen and oxygen atoms in total. The van der Waals surface area contributed by atoms with Crippen molar-refractivity contribution in [2.45, 2.75) is 13.8 Å². The molecule has 0 saturated carbocycles. The molecule has 1 rings (SSSR count). The van der Waals surface area contributed by atoms with Crippen molar-refractivity contribution in [3.63, 3.8) is 0 Å². The van der Waals surface area contributed by atoms with Gasteiger partial charge in [0.1, 0.15) is 0 Å². The number of carbonyl (C=O) groups excluding carboxylic acids is 1. The summed E-state index contributed by atoms with van der Waals surface area (Å²) in [5.41, 5.74) is 0.254. The second-order valence-electron chi connectivity index (χ2n) is 3.66. The van der Waals surface area contributed by atoms with Gasteiger partial charge in [0, 0.05) is 18.0 Å². The smallest absolute Gasteiger partial charge is 0.357 e. The molecule has 108 valence electrons. The van der Waals surface area contributed by atoms with Gasteiger partial charge in [0.2, 0.25) is 10.0 Å². The van der Waals surface area contributed by atoms with Crippen LogP contribution in [-0.4, -0.2) is 45.3 Å². The summed E-state index contributed by atoms with van der Waals surface area (Å²) in [5.74, 6) is -0.547. The number of carbonyl (C=O) groups is 1. The van der Waals surface area contributed by atoms with Crippen LogP contribution in [0.3, 0.4) is 0 Å². The standard InChI is InChI=1S/C10H17N3O4S2/c1-4-12-19(15,16)6-5-11-10-13-8(7(2)18-10)9(14)17-3/h12H,4-6H2,1-3H3,(H,11,13). The van der Waals surface area contributed by atoms with Gasteiger partial charge in [0.25, 0.3) is 0 Å². The van der Waals surface area contributed by atoms with Crippen molar-refractivity contribution in [2.24, 2.45) is 0 Å². The fourth-order valence-corrected chi connectivity index (χ4v) is 3.12. The number of nitrogens with zero attached hydrogens (tertiary/aromatic N) is 1. The molecule has 1 heterocycles. The van der Waals surface area contributed by atoms with E-state index in [0.717, 1.165) is 4.88 Å². The molecule has 0 amide bonds. The highest BCUT2D eigenvalue weighted by Gasteiger charge is 2.16. The maximum Gasteiger partial charge on any atom is 0.357 e. The Bertz CT molecular complexity index is 539. The minimum absolute atomic E-state index is 0.0486. The molecule has 1 aromatic heterocycles. The van der Waals surface area contributed by atoms with E-state index in [9.17, 15) is 13.2 Å². The first-order valence-corrected chi connectivity index (χ1v) is 8.13. The Hall–Kier alpha value is -1.19. The summed E-state index contributed by atoms with van der Waals surface area (Å²) < 4.78 is 29.8. The van der Waals surface area contributed by atoms with Crippen LogP contribution in [0.25, 0.3) is 0 Å². The van der Waals surface area contributed by atoms with Crippen molar-refractivity contribution in [2.75, 3.05) is 31.3 Å². The predicted octanol–water partition coefficient (Wildman–Crippen LogP) is 0.589. The van der Waals surface area contributed by atoms with Crippen molar-refractivity contribution in [1.82, 2.24) is 9.71 Å². The predicted molar refractivity (Wildman–Crippen MR) is 74.1 cm³/mol. The second kappa shape index (κ2) is 6.83. The number of rotatable bonds is 7. The van der Waals surface area contributed by atoms with E-state index in [1.54, 1.807) is 13.8 Å². The second-order valence-corrected chi connectivity index (χ2v) is 6.79. The quantitative estimate of drug-likeness (QED) is 0.716. The largest absolute Gasteiger partial charge is 0.464 e. The average Bonchev–Trinajstić information content (AvgIpc) is 2.69. The number of sulfonamides is 1. The fraction of sp³-hybridized carbons (Fsp3) is 0.600. The molecule has 0 atom stereocenters. The molecule has 9 heteroatoms. The van der Waals surface area contributed by atoms with Gasteiger partial charge in [-0.1, -0.05) is 6.92 Å². The van der Waals surface area contributed by atoms with Crippen LogP contribution >= 0.6 is 11.3 Å². The van der Waals surface area contributed by atoms with Crippen LogP contribution in [0.2, 0.25) is 0 Å². The zero-order valence-electron chi connectivity index (χ0n) is 11.0. The van der Waals surface area contributed by atoms with Gasteiger partial charge in [-0.2, -0.15) is 0 Å². The number of nitrogens with one attached hydrogen (secondary N) is 2. The third kappa shape index (κ3) is 4.77. The Morgan fingerprint density at radius 1 is 1.47 bits per heavy atom. The molecule has 0 unspecified atom stereocenters. The molecular formula is C10H17N3O4S2. The molecule has 1 aromatic rings. The highest BCUT2D eigenvalue weighted by atomic mass is 32.2. The van der Waals surface area contributed by atoms with Crippen LogP contribution in [0.15, 0.2) is 0 Å². The number of thiazole rings is 1. The molecular weight excluding hydrogens is 290 g/mol. The minimum Gasteiger partial charge on any atom is -0.464 e. The molecule has 0 spiro atoms. The number of ether oxygens (including phenoxy) is 1. The Kier molecular flexibility index (Phi) is 5.70. The van der Waals surface area contributed by atoms with Gasteiger partial charge >= 0.3 is 5.97 Å². The first-order valence-electron chi connectivity index (χ1n) is 5.66. The highest BCUT2D eigenvalue weighted by Crippen LogP contribution is 2.22. The molecule has 19 heavy (non-hydrogen) atoms. The van der Waals surface area contributed by atoms with Gasteiger partial charge in [-0.3, -0.25) is 0 Å². The summed E-state index contributed by atoms with van der Waals surface area (Å²) in [4.78, 5) is 16.1. The maximum absolute atomic E-state index is 11.4. The Morgan fingerprint density at radius 3 is 2.74 bits per heavy atom. The maximum atomic E-state index is 11.4. The Balaban J connectivity index is 2.58. The van der Waals surface area contributed by atoms with E-state index in [1.165, 1.54) is 18.4 Å². The number of anilines is 1. The van der Waals surface area contributed by atoms with Gasteiger partial charge in [-0.25, -0.2) is 22.9 Å². The van der Waals surface area contributed by atoms with Crippen molar-refractivity contribution < 1.29 is 17.9 Å². The van der Waals surface area contributed by atoms with Crippen molar-refractivity contribution in [3.8, 4) is 0 Å². The molecule has 0 aliphatic heterocycles. The van der Waals surface area contributed by atoms with Gasteiger partial charge in [-0.15, -0.1) is 11.3 Å². The normalized spacial score (nSPS) is 11.3. The zero-order valence-corrected chi connectivity index (χ0v) is 12.7. The molecule has 0 aromatic carbocycles. The number of hydrogen-bond donors (Lipinski definition) is 2. The van der Waals surface area contributed by atoms with Crippen molar-refractivity contribution in [1.29, 1.82) is 0 Å². The summed E-state index contributed by atoms with van der Waals surface area (Å²) in [7, 11) is -1.96. The fourth-order valence-electron chi connectivity index (χ4n) is 1.34. The van der Waals surface area contributed by atoms with Gasteiger partial charge in [0.15, 0.2) is 10.8 Å². The highest BCUT2D eigenvalue weighted by molar-refractivity contribution is 7.89. The number of methoxy groups -OCH3 is 1. The zero-order chi connectivity index (χ0) is 14.5. The summed E-state index contributed by atoms with van der Waals surface area (Å²) in [6, 6.07) is 0. The van der Waals surface area contributed by atoms with Gasteiger partial charge in [0.05, 0.1) is 12.9 Å². The van der Waals surface area contributed by atoms with Gasteiger partial charge < -0.3 is 10.1 Å². The molecule has 2 N–H and O–H groups in total.